The van der Waals surface area contributed by atoms with Crippen molar-refractivity contribution in [1.82, 2.24) is 0 Å². The highest BCUT2D eigenvalue weighted by atomic mass is 32.2. The summed E-state index contributed by atoms with van der Waals surface area (Å²) in [6.45, 7) is 3.53. The number of hydrogen-bond donors (Lipinski definition) is 3. The van der Waals surface area contributed by atoms with Crippen LogP contribution in [0.3, 0.4) is 0 Å². The normalized spacial score (nSPS) is 15.1. The van der Waals surface area contributed by atoms with Gasteiger partial charge in [0.2, 0.25) is 0 Å². The van der Waals surface area contributed by atoms with E-state index in [2.05, 4.69) is 0 Å². The lowest BCUT2D eigenvalue weighted by atomic mass is 9.77. The van der Waals surface area contributed by atoms with Gasteiger partial charge in [-0.15, -0.1) is 0 Å². The number of thiol groups is 1. The fraction of sp³-hybridized carbons (Fsp3) is 0.316. The summed E-state index contributed by atoms with van der Waals surface area (Å²) in [5.41, 5.74) is 13.9. The van der Waals surface area contributed by atoms with Crippen LogP contribution in [0.1, 0.15) is 30.9 Å². The Kier molecular flexibility index (Phi) is 6.40. The summed E-state index contributed by atoms with van der Waals surface area (Å²) < 4.78 is 23.5. The Bertz CT molecular complexity index is 723. The van der Waals surface area contributed by atoms with E-state index in [9.17, 15) is 8.42 Å². The van der Waals surface area contributed by atoms with Crippen molar-refractivity contribution in [2.75, 3.05) is 5.73 Å². The van der Waals surface area contributed by atoms with Crippen molar-refractivity contribution < 1.29 is 8.42 Å². The van der Waals surface area contributed by atoms with Crippen LogP contribution in [-0.4, -0.2) is 13.7 Å². The smallest absolute Gasteiger partial charge is 0.143 e. The van der Waals surface area contributed by atoms with Crippen molar-refractivity contribution in [3.8, 4) is 0 Å². The molecule has 0 spiro atoms. The molecular weight excluding hydrogens is 320 g/mol. The molecule has 0 amide bonds. The van der Waals surface area contributed by atoms with E-state index in [0.717, 1.165) is 17.5 Å². The third-order valence-corrected chi connectivity index (χ3v) is 5.52. The summed E-state index contributed by atoms with van der Waals surface area (Å²) in [6.07, 6.45) is 1.75. The number of aryl methyl sites for hydroxylation is 1. The first-order valence-electron chi connectivity index (χ1n) is 8.04. The predicted octanol–water partition coefficient (Wildman–Crippen LogP) is 2.65. The van der Waals surface area contributed by atoms with Crippen LogP contribution in [0.5, 0.6) is 0 Å². The molecule has 2 atom stereocenters. The summed E-state index contributed by atoms with van der Waals surface area (Å²) in [7, 11) is -2.54. The lowest BCUT2D eigenvalue weighted by Crippen LogP contribution is -2.32. The Morgan fingerprint density at radius 2 is 1.83 bits per heavy atom. The maximum Gasteiger partial charge on any atom is 0.143 e. The molecule has 24 heavy (non-hydrogen) atoms. The minimum absolute atomic E-state index is 0.438. The first-order valence-corrected chi connectivity index (χ1v) is 9.29. The highest BCUT2D eigenvalue weighted by Gasteiger charge is 2.30. The molecule has 0 aromatic heterocycles. The molecule has 2 aromatic carbocycles. The van der Waals surface area contributed by atoms with Gasteiger partial charge in [0.25, 0.3) is 0 Å². The van der Waals surface area contributed by atoms with Gasteiger partial charge in [-0.3, -0.25) is 0 Å². The van der Waals surface area contributed by atoms with Crippen LogP contribution >= 0.6 is 0 Å². The van der Waals surface area contributed by atoms with Gasteiger partial charge in [-0.05, 0) is 42.5 Å². The highest BCUT2D eigenvalue weighted by Crippen LogP contribution is 2.33. The number of rotatable bonds is 8. The number of nitrogens with two attached hydrogens (primary N) is 2. The number of nitrogen functional groups attached to an aromatic ring is 1. The van der Waals surface area contributed by atoms with Crippen molar-refractivity contribution in [1.29, 1.82) is 0 Å². The van der Waals surface area contributed by atoms with Crippen molar-refractivity contribution in [3.63, 3.8) is 0 Å². The quantitative estimate of drug-likeness (QED) is 0.507. The van der Waals surface area contributed by atoms with Gasteiger partial charge in [-0.2, -0.15) is 0 Å². The number of hydrogen-bond acceptors (Lipinski definition) is 4. The monoisotopic (exact) mass is 345 g/mol. The van der Waals surface area contributed by atoms with Gasteiger partial charge in [-0.1, -0.05) is 49.4 Å². The SMILES string of the molecule is CC([CH]N)(CC(CCc1ccccc1)[SH](=O)=O)c1cccc(N)c1. The van der Waals surface area contributed by atoms with Gasteiger partial charge in [0.05, 0.1) is 5.25 Å². The molecule has 0 aliphatic heterocycles. The summed E-state index contributed by atoms with van der Waals surface area (Å²) >= 11 is 0. The lowest BCUT2D eigenvalue weighted by molar-refractivity contribution is 0.462. The average Bonchev–Trinajstić information content (AvgIpc) is 2.59. The number of benzene rings is 2. The summed E-state index contributed by atoms with van der Waals surface area (Å²) in [5, 5.41) is -0.438. The highest BCUT2D eigenvalue weighted by molar-refractivity contribution is 7.73. The molecule has 2 aromatic rings. The third kappa shape index (κ3) is 4.82. The van der Waals surface area contributed by atoms with Crippen LogP contribution in [0, 0.1) is 6.54 Å². The Labute approximate surface area is 145 Å². The molecule has 0 saturated heterocycles. The minimum Gasteiger partial charge on any atom is -0.399 e. The van der Waals surface area contributed by atoms with Crippen LogP contribution in [0.4, 0.5) is 5.69 Å². The second kappa shape index (κ2) is 8.31. The number of anilines is 1. The molecule has 1 radical (unpaired) electrons. The molecule has 5 heteroatoms. The molecule has 0 fully saturated rings. The fourth-order valence-electron chi connectivity index (χ4n) is 2.93. The van der Waals surface area contributed by atoms with Gasteiger partial charge in [0.1, 0.15) is 10.7 Å². The van der Waals surface area contributed by atoms with Gasteiger partial charge >= 0.3 is 0 Å². The van der Waals surface area contributed by atoms with Crippen LogP contribution < -0.4 is 11.5 Å². The minimum atomic E-state index is -2.54. The molecular formula is C19H25N2O2S. The molecule has 0 saturated carbocycles. The standard InChI is InChI=1S/C19H25N2O2S/c1-19(14-20,16-8-5-9-17(21)12-16)13-18(24(22)23)11-10-15-6-3-2-4-7-15/h2-9,12,14,18,24H,10-11,13,20-21H2,1H3. The largest absolute Gasteiger partial charge is 0.399 e. The second-order valence-corrected chi connectivity index (χ2v) is 7.68. The van der Waals surface area contributed by atoms with Crippen molar-refractivity contribution in [2.24, 2.45) is 5.73 Å². The zero-order valence-electron chi connectivity index (χ0n) is 13.9. The van der Waals surface area contributed by atoms with E-state index in [0.29, 0.717) is 18.5 Å². The van der Waals surface area contributed by atoms with E-state index in [-0.39, 0.29) is 0 Å². The maximum atomic E-state index is 11.8. The van der Waals surface area contributed by atoms with E-state index < -0.39 is 21.4 Å². The molecule has 129 valence electrons. The fourth-order valence-corrected chi connectivity index (χ4v) is 3.79. The summed E-state index contributed by atoms with van der Waals surface area (Å²) in [5.74, 6) is 0. The van der Waals surface area contributed by atoms with E-state index in [1.54, 1.807) is 12.6 Å². The Balaban J connectivity index is 2.15. The van der Waals surface area contributed by atoms with Gasteiger partial charge < -0.3 is 11.5 Å². The molecule has 0 bridgehead atoms. The Morgan fingerprint density at radius 1 is 1.12 bits per heavy atom. The maximum absolute atomic E-state index is 11.8. The molecule has 0 heterocycles. The third-order valence-electron chi connectivity index (χ3n) is 4.48. The lowest BCUT2D eigenvalue weighted by Gasteiger charge is -2.31. The summed E-state index contributed by atoms with van der Waals surface area (Å²) in [4.78, 5) is 0. The topological polar surface area (TPSA) is 86.2 Å². The predicted molar refractivity (Wildman–Crippen MR) is 100 cm³/mol. The van der Waals surface area contributed by atoms with Gasteiger partial charge in [0.15, 0.2) is 0 Å². The van der Waals surface area contributed by atoms with Crippen LogP contribution in [0.25, 0.3) is 0 Å². The van der Waals surface area contributed by atoms with E-state index in [1.165, 1.54) is 0 Å². The molecule has 2 rings (SSSR count). The molecule has 0 aliphatic carbocycles. The first-order chi connectivity index (χ1) is 11.4. The Hall–Kier alpha value is -1.85. The first kappa shape index (κ1) is 18.5. The Morgan fingerprint density at radius 3 is 2.42 bits per heavy atom. The molecule has 2 unspecified atom stereocenters. The van der Waals surface area contributed by atoms with Crippen molar-refractivity contribution in [3.05, 3.63) is 72.3 Å². The second-order valence-electron chi connectivity index (χ2n) is 6.38. The van der Waals surface area contributed by atoms with Crippen LogP contribution in [0.2, 0.25) is 0 Å². The van der Waals surface area contributed by atoms with Crippen LogP contribution in [-0.2, 0) is 22.5 Å². The van der Waals surface area contributed by atoms with E-state index >= 15 is 0 Å². The van der Waals surface area contributed by atoms with Crippen molar-refractivity contribution >= 4 is 16.4 Å². The van der Waals surface area contributed by atoms with Crippen LogP contribution in [0.15, 0.2) is 54.6 Å². The van der Waals surface area contributed by atoms with Gasteiger partial charge in [0, 0.05) is 17.6 Å². The molecule has 4 N–H and O–H groups in total. The zero-order valence-corrected chi connectivity index (χ0v) is 14.8. The van der Waals surface area contributed by atoms with Crippen molar-refractivity contribution in [2.45, 2.75) is 36.9 Å². The van der Waals surface area contributed by atoms with Gasteiger partial charge in [-0.25, -0.2) is 8.42 Å². The molecule has 0 aliphatic rings. The average molecular weight is 345 g/mol. The van der Waals surface area contributed by atoms with E-state index in [1.807, 2.05) is 55.5 Å². The van der Waals surface area contributed by atoms with E-state index in [4.69, 9.17) is 11.5 Å². The summed E-state index contributed by atoms with van der Waals surface area (Å²) in [6, 6.07) is 17.4. The molecule has 4 nitrogen and oxygen atoms in total. The zero-order chi connectivity index (χ0) is 17.6.